The lowest BCUT2D eigenvalue weighted by molar-refractivity contribution is 0.226. The standard InChI is InChI=1S/C14H20N4/c1-11-3-4-12-13(9-11)17(2)14(16-12)10-18-7-5-15-6-8-18/h3-4,9,15H,5-8,10H2,1-2H3. The van der Waals surface area contributed by atoms with Crippen molar-refractivity contribution in [2.24, 2.45) is 7.05 Å². The fourth-order valence-corrected chi connectivity index (χ4v) is 2.56. The smallest absolute Gasteiger partial charge is 0.123 e. The largest absolute Gasteiger partial charge is 0.330 e. The van der Waals surface area contributed by atoms with Crippen LogP contribution in [0.15, 0.2) is 18.2 Å². The quantitative estimate of drug-likeness (QED) is 0.864. The van der Waals surface area contributed by atoms with E-state index in [4.69, 9.17) is 4.98 Å². The van der Waals surface area contributed by atoms with E-state index in [0.717, 1.165) is 44.1 Å². The van der Waals surface area contributed by atoms with Crippen LogP contribution in [0.5, 0.6) is 0 Å². The van der Waals surface area contributed by atoms with Gasteiger partial charge in [-0.3, -0.25) is 4.90 Å². The molecule has 1 aliphatic heterocycles. The van der Waals surface area contributed by atoms with Crippen LogP contribution in [-0.2, 0) is 13.6 Å². The number of nitrogens with zero attached hydrogens (tertiary/aromatic N) is 3. The van der Waals surface area contributed by atoms with E-state index < -0.39 is 0 Å². The third-order valence-electron chi connectivity index (χ3n) is 3.70. The molecule has 96 valence electrons. The van der Waals surface area contributed by atoms with E-state index in [1.807, 2.05) is 0 Å². The van der Waals surface area contributed by atoms with Gasteiger partial charge in [0.15, 0.2) is 0 Å². The van der Waals surface area contributed by atoms with E-state index in [0.29, 0.717) is 0 Å². The molecule has 1 fully saturated rings. The second-order valence-corrected chi connectivity index (χ2v) is 5.11. The number of nitrogens with one attached hydrogen (secondary N) is 1. The molecule has 2 aromatic rings. The van der Waals surface area contributed by atoms with E-state index in [1.54, 1.807) is 0 Å². The highest BCUT2D eigenvalue weighted by Gasteiger charge is 2.14. The van der Waals surface area contributed by atoms with Gasteiger partial charge in [0.05, 0.1) is 17.6 Å². The molecule has 4 nitrogen and oxygen atoms in total. The molecule has 0 saturated carbocycles. The topological polar surface area (TPSA) is 33.1 Å². The number of benzene rings is 1. The number of hydrogen-bond acceptors (Lipinski definition) is 3. The summed E-state index contributed by atoms with van der Waals surface area (Å²) in [6.07, 6.45) is 0. The first-order chi connectivity index (χ1) is 8.74. The van der Waals surface area contributed by atoms with Crippen LogP contribution >= 0.6 is 0 Å². The maximum absolute atomic E-state index is 4.75. The van der Waals surface area contributed by atoms with Crippen molar-refractivity contribution < 1.29 is 0 Å². The molecule has 0 amide bonds. The molecular weight excluding hydrogens is 224 g/mol. The summed E-state index contributed by atoms with van der Waals surface area (Å²) in [5, 5.41) is 3.38. The summed E-state index contributed by atoms with van der Waals surface area (Å²) in [4.78, 5) is 7.21. The van der Waals surface area contributed by atoms with Crippen molar-refractivity contribution >= 4 is 11.0 Å². The van der Waals surface area contributed by atoms with Crippen LogP contribution in [0, 0.1) is 6.92 Å². The highest BCUT2D eigenvalue weighted by Crippen LogP contribution is 2.17. The molecule has 0 unspecified atom stereocenters. The van der Waals surface area contributed by atoms with E-state index in [9.17, 15) is 0 Å². The lowest BCUT2D eigenvalue weighted by atomic mass is 10.2. The van der Waals surface area contributed by atoms with Gasteiger partial charge in [-0.15, -0.1) is 0 Å². The highest BCUT2D eigenvalue weighted by atomic mass is 15.2. The van der Waals surface area contributed by atoms with E-state index in [2.05, 4.69) is 47.0 Å². The van der Waals surface area contributed by atoms with Crippen molar-refractivity contribution in [2.45, 2.75) is 13.5 Å². The zero-order chi connectivity index (χ0) is 12.5. The van der Waals surface area contributed by atoms with Crippen LogP contribution in [0.4, 0.5) is 0 Å². The monoisotopic (exact) mass is 244 g/mol. The van der Waals surface area contributed by atoms with Gasteiger partial charge in [-0.2, -0.15) is 0 Å². The average molecular weight is 244 g/mol. The minimum Gasteiger partial charge on any atom is -0.330 e. The molecule has 1 aromatic heterocycles. The van der Waals surface area contributed by atoms with Crippen LogP contribution in [0.3, 0.4) is 0 Å². The third kappa shape index (κ3) is 2.13. The lowest BCUT2D eigenvalue weighted by Gasteiger charge is -2.26. The molecule has 0 atom stereocenters. The van der Waals surface area contributed by atoms with Crippen molar-refractivity contribution in [3.8, 4) is 0 Å². The zero-order valence-electron chi connectivity index (χ0n) is 11.1. The number of aryl methyl sites for hydroxylation is 2. The number of rotatable bonds is 2. The Morgan fingerprint density at radius 3 is 2.83 bits per heavy atom. The van der Waals surface area contributed by atoms with Gasteiger partial charge < -0.3 is 9.88 Å². The molecule has 0 radical (unpaired) electrons. The molecule has 1 aliphatic rings. The predicted octanol–water partition coefficient (Wildman–Crippen LogP) is 1.29. The summed E-state index contributed by atoms with van der Waals surface area (Å²) in [5.74, 6) is 1.16. The average Bonchev–Trinajstić information content (AvgIpc) is 2.68. The van der Waals surface area contributed by atoms with Crippen molar-refractivity contribution in [1.29, 1.82) is 0 Å². The molecule has 0 aliphatic carbocycles. The van der Waals surface area contributed by atoms with E-state index in [-0.39, 0.29) is 0 Å². The Bertz CT molecular complexity index is 552. The molecule has 0 spiro atoms. The summed E-state index contributed by atoms with van der Waals surface area (Å²) in [5.41, 5.74) is 3.63. The van der Waals surface area contributed by atoms with Gasteiger partial charge in [0.1, 0.15) is 5.82 Å². The fraction of sp³-hybridized carbons (Fsp3) is 0.500. The van der Waals surface area contributed by atoms with Crippen LogP contribution in [0.1, 0.15) is 11.4 Å². The summed E-state index contributed by atoms with van der Waals surface area (Å²) < 4.78 is 2.23. The Morgan fingerprint density at radius 1 is 1.28 bits per heavy atom. The number of aromatic nitrogens is 2. The van der Waals surface area contributed by atoms with Crippen molar-refractivity contribution in [1.82, 2.24) is 19.8 Å². The van der Waals surface area contributed by atoms with Crippen molar-refractivity contribution in [3.63, 3.8) is 0 Å². The maximum Gasteiger partial charge on any atom is 0.123 e. The van der Waals surface area contributed by atoms with Gasteiger partial charge in [0.2, 0.25) is 0 Å². The summed E-state index contributed by atoms with van der Waals surface area (Å²) in [7, 11) is 2.12. The minimum atomic E-state index is 0.950. The van der Waals surface area contributed by atoms with Gasteiger partial charge >= 0.3 is 0 Å². The molecule has 1 saturated heterocycles. The van der Waals surface area contributed by atoms with Crippen molar-refractivity contribution in [2.75, 3.05) is 26.2 Å². The Labute approximate surface area is 108 Å². The second-order valence-electron chi connectivity index (χ2n) is 5.11. The van der Waals surface area contributed by atoms with Crippen molar-refractivity contribution in [3.05, 3.63) is 29.6 Å². The minimum absolute atomic E-state index is 0.950. The molecule has 1 aromatic carbocycles. The molecule has 1 N–H and O–H groups in total. The summed E-state index contributed by atoms with van der Waals surface area (Å²) >= 11 is 0. The lowest BCUT2D eigenvalue weighted by Crippen LogP contribution is -2.43. The predicted molar refractivity (Wildman–Crippen MR) is 73.6 cm³/mol. The number of fused-ring (bicyclic) bond motifs is 1. The Kier molecular flexibility index (Phi) is 3.06. The SMILES string of the molecule is Cc1ccc2nc(CN3CCNCC3)n(C)c2c1. The van der Waals surface area contributed by atoms with Crippen LogP contribution in [0.25, 0.3) is 11.0 Å². The highest BCUT2D eigenvalue weighted by molar-refractivity contribution is 5.76. The zero-order valence-corrected chi connectivity index (χ0v) is 11.1. The van der Waals surface area contributed by atoms with Gasteiger partial charge in [-0.05, 0) is 24.6 Å². The first-order valence-electron chi connectivity index (χ1n) is 6.59. The van der Waals surface area contributed by atoms with E-state index >= 15 is 0 Å². The molecule has 4 heteroatoms. The van der Waals surface area contributed by atoms with Crippen LogP contribution in [-0.4, -0.2) is 40.6 Å². The van der Waals surface area contributed by atoms with Gasteiger partial charge in [-0.25, -0.2) is 4.98 Å². The normalized spacial score (nSPS) is 17.4. The molecule has 18 heavy (non-hydrogen) atoms. The van der Waals surface area contributed by atoms with E-state index in [1.165, 1.54) is 11.1 Å². The fourth-order valence-electron chi connectivity index (χ4n) is 2.56. The number of hydrogen-bond donors (Lipinski definition) is 1. The second kappa shape index (κ2) is 4.71. The third-order valence-corrected chi connectivity index (χ3v) is 3.70. The number of imidazole rings is 1. The first-order valence-corrected chi connectivity index (χ1v) is 6.59. The Morgan fingerprint density at radius 2 is 2.06 bits per heavy atom. The molecule has 2 heterocycles. The summed E-state index contributed by atoms with van der Waals surface area (Å²) in [6, 6.07) is 6.46. The van der Waals surface area contributed by atoms with Gasteiger partial charge in [0, 0.05) is 33.2 Å². The van der Waals surface area contributed by atoms with Crippen LogP contribution in [0.2, 0.25) is 0 Å². The Balaban J connectivity index is 1.89. The molecule has 0 bridgehead atoms. The maximum atomic E-state index is 4.75. The van der Waals surface area contributed by atoms with Crippen LogP contribution < -0.4 is 5.32 Å². The number of piperazine rings is 1. The van der Waals surface area contributed by atoms with Gasteiger partial charge in [-0.1, -0.05) is 6.07 Å². The molecule has 3 rings (SSSR count). The molecular formula is C14H20N4. The summed E-state index contributed by atoms with van der Waals surface area (Å²) in [6.45, 7) is 7.48. The Hall–Kier alpha value is -1.39. The van der Waals surface area contributed by atoms with Gasteiger partial charge in [0.25, 0.3) is 0 Å². The first kappa shape index (κ1) is 11.7.